The Morgan fingerprint density at radius 2 is 2.12 bits per heavy atom. The van der Waals surface area contributed by atoms with Crippen molar-refractivity contribution in [3.05, 3.63) is 23.8 Å². The Morgan fingerprint density at radius 1 is 1.35 bits per heavy atom. The van der Waals surface area contributed by atoms with Crippen LogP contribution in [0.3, 0.4) is 0 Å². The van der Waals surface area contributed by atoms with Gasteiger partial charge >= 0.3 is 5.97 Å². The van der Waals surface area contributed by atoms with Gasteiger partial charge in [-0.15, -0.1) is 0 Å². The van der Waals surface area contributed by atoms with Gasteiger partial charge in [-0.2, -0.15) is 0 Å². The number of methoxy groups -OCH3 is 1. The predicted octanol–water partition coefficient (Wildman–Crippen LogP) is 2.39. The third kappa shape index (κ3) is 3.25. The molecule has 1 aromatic rings. The summed E-state index contributed by atoms with van der Waals surface area (Å²) in [5, 5.41) is 0. The van der Waals surface area contributed by atoms with Gasteiger partial charge in [0, 0.05) is 5.69 Å². The van der Waals surface area contributed by atoms with Gasteiger partial charge in [0.15, 0.2) is 5.69 Å². The second kappa shape index (κ2) is 5.75. The molecule has 1 aliphatic carbocycles. The molecule has 1 saturated carbocycles. The van der Waals surface area contributed by atoms with E-state index in [4.69, 9.17) is 0 Å². The Morgan fingerprint density at radius 3 is 2.82 bits per heavy atom. The summed E-state index contributed by atoms with van der Waals surface area (Å²) in [6, 6.07) is 1.75. The highest BCUT2D eigenvalue weighted by atomic mass is 16.5. The highest BCUT2D eigenvalue weighted by Crippen LogP contribution is 2.26. The first kappa shape index (κ1) is 12.0. The molecule has 0 saturated heterocycles. The minimum absolute atomic E-state index is 0.355. The molecule has 1 aromatic heterocycles. The minimum atomic E-state index is -0.391. The van der Waals surface area contributed by atoms with Crippen LogP contribution in [0.25, 0.3) is 0 Å². The van der Waals surface area contributed by atoms with Crippen LogP contribution in [0, 0.1) is 5.92 Å². The van der Waals surface area contributed by atoms with E-state index in [0.717, 1.165) is 12.1 Å². The smallest absolute Gasteiger partial charge is 0.356 e. The third-order valence-electron chi connectivity index (χ3n) is 3.34. The maximum Gasteiger partial charge on any atom is 0.356 e. The number of nitrogens with zero attached hydrogens (tertiary/aromatic N) is 2. The SMILES string of the molecule is COC(=O)c1cc(CC2CCCCC2)ncn1. The summed E-state index contributed by atoms with van der Waals surface area (Å²) in [7, 11) is 1.37. The first-order valence-electron chi connectivity index (χ1n) is 6.19. The van der Waals surface area contributed by atoms with E-state index >= 15 is 0 Å². The van der Waals surface area contributed by atoms with Crippen molar-refractivity contribution in [2.45, 2.75) is 38.5 Å². The van der Waals surface area contributed by atoms with Crippen LogP contribution in [0.5, 0.6) is 0 Å². The van der Waals surface area contributed by atoms with Gasteiger partial charge in [0.1, 0.15) is 6.33 Å². The van der Waals surface area contributed by atoms with E-state index in [1.54, 1.807) is 6.07 Å². The van der Waals surface area contributed by atoms with Gasteiger partial charge in [-0.05, 0) is 18.4 Å². The van der Waals surface area contributed by atoms with Gasteiger partial charge in [-0.1, -0.05) is 32.1 Å². The van der Waals surface area contributed by atoms with E-state index in [2.05, 4.69) is 14.7 Å². The average Bonchev–Trinajstić information content (AvgIpc) is 2.39. The van der Waals surface area contributed by atoms with Gasteiger partial charge in [0.25, 0.3) is 0 Å². The van der Waals surface area contributed by atoms with Gasteiger partial charge in [0.2, 0.25) is 0 Å². The van der Waals surface area contributed by atoms with Crippen LogP contribution < -0.4 is 0 Å². The molecule has 0 atom stereocenters. The van der Waals surface area contributed by atoms with Crippen LogP contribution in [-0.2, 0) is 11.2 Å². The van der Waals surface area contributed by atoms with Crippen molar-refractivity contribution >= 4 is 5.97 Å². The van der Waals surface area contributed by atoms with Gasteiger partial charge < -0.3 is 4.74 Å². The highest BCUT2D eigenvalue weighted by Gasteiger charge is 2.16. The normalized spacial score (nSPS) is 16.8. The van der Waals surface area contributed by atoms with Gasteiger partial charge in [0.05, 0.1) is 7.11 Å². The topological polar surface area (TPSA) is 52.1 Å². The number of esters is 1. The fraction of sp³-hybridized carbons (Fsp3) is 0.615. The molecule has 92 valence electrons. The molecule has 0 N–H and O–H groups in total. The van der Waals surface area contributed by atoms with Crippen LogP contribution in [0.4, 0.5) is 0 Å². The van der Waals surface area contributed by atoms with Crippen molar-refractivity contribution < 1.29 is 9.53 Å². The number of carbonyl (C=O) groups is 1. The van der Waals surface area contributed by atoms with E-state index < -0.39 is 5.97 Å². The quantitative estimate of drug-likeness (QED) is 0.753. The fourth-order valence-corrected chi connectivity index (χ4v) is 2.41. The first-order valence-corrected chi connectivity index (χ1v) is 6.19. The highest BCUT2D eigenvalue weighted by molar-refractivity contribution is 5.87. The summed E-state index contributed by atoms with van der Waals surface area (Å²) in [6.45, 7) is 0. The molecule has 17 heavy (non-hydrogen) atoms. The summed E-state index contributed by atoms with van der Waals surface area (Å²) < 4.78 is 4.65. The summed E-state index contributed by atoms with van der Waals surface area (Å²) >= 11 is 0. The molecule has 1 aliphatic rings. The zero-order chi connectivity index (χ0) is 12.1. The molecule has 0 amide bonds. The van der Waals surface area contributed by atoms with E-state index in [1.807, 2.05) is 0 Å². The molecule has 0 bridgehead atoms. The molecule has 2 rings (SSSR count). The van der Waals surface area contributed by atoms with Crippen molar-refractivity contribution in [2.75, 3.05) is 7.11 Å². The molecule has 1 heterocycles. The molecular formula is C13H18N2O2. The van der Waals surface area contributed by atoms with Crippen LogP contribution in [0.1, 0.15) is 48.3 Å². The fourth-order valence-electron chi connectivity index (χ4n) is 2.41. The Labute approximate surface area is 101 Å². The number of rotatable bonds is 3. The van der Waals surface area contributed by atoms with Gasteiger partial charge in [-0.25, -0.2) is 14.8 Å². The second-order valence-corrected chi connectivity index (χ2v) is 4.59. The van der Waals surface area contributed by atoms with Crippen LogP contribution in [0.15, 0.2) is 12.4 Å². The second-order valence-electron chi connectivity index (χ2n) is 4.59. The van der Waals surface area contributed by atoms with Crippen molar-refractivity contribution in [3.8, 4) is 0 Å². The molecule has 0 spiro atoms. The number of aromatic nitrogens is 2. The maximum absolute atomic E-state index is 11.3. The van der Waals surface area contributed by atoms with E-state index in [9.17, 15) is 4.79 Å². The van der Waals surface area contributed by atoms with Crippen molar-refractivity contribution in [1.29, 1.82) is 0 Å². The summed E-state index contributed by atoms with van der Waals surface area (Å²) in [4.78, 5) is 19.5. The number of ether oxygens (including phenoxy) is 1. The predicted molar refractivity (Wildman–Crippen MR) is 63.7 cm³/mol. The molecule has 0 aliphatic heterocycles. The monoisotopic (exact) mass is 234 g/mol. The van der Waals surface area contributed by atoms with Gasteiger partial charge in [-0.3, -0.25) is 0 Å². The van der Waals surface area contributed by atoms with Crippen molar-refractivity contribution in [3.63, 3.8) is 0 Å². The number of hydrogen-bond donors (Lipinski definition) is 0. The molecule has 1 fully saturated rings. The Balaban J connectivity index is 2.02. The summed E-state index contributed by atoms with van der Waals surface area (Å²) in [5.74, 6) is 0.321. The van der Waals surface area contributed by atoms with E-state index in [-0.39, 0.29) is 0 Å². The summed E-state index contributed by atoms with van der Waals surface area (Å²) in [5.41, 5.74) is 1.31. The number of carbonyl (C=O) groups excluding carboxylic acids is 1. The maximum atomic E-state index is 11.3. The zero-order valence-electron chi connectivity index (χ0n) is 10.2. The lowest BCUT2D eigenvalue weighted by atomic mass is 9.86. The minimum Gasteiger partial charge on any atom is -0.464 e. The lowest BCUT2D eigenvalue weighted by Gasteiger charge is -2.20. The molecular weight excluding hydrogens is 216 g/mol. The number of hydrogen-bond acceptors (Lipinski definition) is 4. The van der Waals surface area contributed by atoms with E-state index in [1.165, 1.54) is 45.5 Å². The molecule has 0 aromatic carbocycles. The van der Waals surface area contributed by atoms with Crippen LogP contribution >= 0.6 is 0 Å². The van der Waals surface area contributed by atoms with Crippen molar-refractivity contribution in [1.82, 2.24) is 9.97 Å². The Bertz CT molecular complexity index is 387. The zero-order valence-corrected chi connectivity index (χ0v) is 10.2. The third-order valence-corrected chi connectivity index (χ3v) is 3.34. The Kier molecular flexibility index (Phi) is 4.07. The van der Waals surface area contributed by atoms with E-state index in [0.29, 0.717) is 11.6 Å². The average molecular weight is 234 g/mol. The lowest BCUT2D eigenvalue weighted by Crippen LogP contribution is -2.12. The first-order chi connectivity index (χ1) is 8.29. The van der Waals surface area contributed by atoms with Crippen LogP contribution in [0.2, 0.25) is 0 Å². The Hall–Kier alpha value is -1.45. The van der Waals surface area contributed by atoms with Crippen molar-refractivity contribution in [2.24, 2.45) is 5.92 Å². The van der Waals surface area contributed by atoms with Crippen LogP contribution in [-0.4, -0.2) is 23.0 Å². The standard InChI is InChI=1S/C13H18N2O2/c1-17-13(16)12-8-11(14-9-15-12)7-10-5-3-2-4-6-10/h8-10H,2-7H2,1H3. The molecule has 0 unspecified atom stereocenters. The lowest BCUT2D eigenvalue weighted by molar-refractivity contribution is 0.0593. The molecule has 4 heteroatoms. The molecule has 0 radical (unpaired) electrons. The summed E-state index contributed by atoms with van der Waals surface area (Å²) in [6.07, 6.45) is 8.94. The molecule has 4 nitrogen and oxygen atoms in total. The largest absolute Gasteiger partial charge is 0.464 e.